The standard InChI is InChI=1S/C15H13N3OS/c19-13-9-5-4-6-11(13)10-14-16-17-15(20)18(14)12-7-2-1-3-8-12/h1-9,19H,10H2,(H,17,20). The number of phenolic OH excluding ortho intramolecular Hbond substituents is 1. The predicted octanol–water partition coefficient (Wildman–Crippen LogP) is 3.23. The minimum Gasteiger partial charge on any atom is -0.508 e. The number of hydrogen-bond acceptors (Lipinski definition) is 3. The highest BCUT2D eigenvalue weighted by molar-refractivity contribution is 7.71. The van der Waals surface area contributed by atoms with E-state index in [0.29, 0.717) is 11.2 Å². The van der Waals surface area contributed by atoms with Crippen LogP contribution < -0.4 is 0 Å². The van der Waals surface area contributed by atoms with Gasteiger partial charge in [-0.2, -0.15) is 5.10 Å². The number of rotatable bonds is 3. The molecular formula is C15H13N3OS. The number of aromatic nitrogens is 3. The summed E-state index contributed by atoms with van der Waals surface area (Å²) in [6, 6.07) is 17.0. The van der Waals surface area contributed by atoms with Gasteiger partial charge in [0.25, 0.3) is 0 Å². The van der Waals surface area contributed by atoms with Gasteiger partial charge in [-0.1, -0.05) is 36.4 Å². The molecular weight excluding hydrogens is 270 g/mol. The Balaban J connectivity index is 2.04. The van der Waals surface area contributed by atoms with E-state index in [1.807, 2.05) is 47.0 Å². The highest BCUT2D eigenvalue weighted by atomic mass is 32.1. The summed E-state index contributed by atoms with van der Waals surface area (Å²) in [5.74, 6) is 1.03. The van der Waals surface area contributed by atoms with Gasteiger partial charge < -0.3 is 5.11 Å². The van der Waals surface area contributed by atoms with Crippen LogP contribution in [0.3, 0.4) is 0 Å². The quantitative estimate of drug-likeness (QED) is 0.726. The summed E-state index contributed by atoms with van der Waals surface area (Å²) in [5, 5.41) is 16.9. The van der Waals surface area contributed by atoms with Crippen molar-refractivity contribution in [3.63, 3.8) is 0 Å². The fraction of sp³-hybridized carbons (Fsp3) is 0.0667. The normalized spacial score (nSPS) is 10.6. The fourth-order valence-electron chi connectivity index (χ4n) is 2.12. The zero-order valence-corrected chi connectivity index (χ0v) is 11.5. The molecule has 0 radical (unpaired) electrons. The molecule has 0 unspecified atom stereocenters. The molecule has 0 aliphatic carbocycles. The smallest absolute Gasteiger partial charge is 0.199 e. The van der Waals surface area contributed by atoms with E-state index in [-0.39, 0.29) is 5.75 Å². The SMILES string of the molecule is Oc1ccccc1Cc1n[nH]c(=S)n1-c1ccccc1. The Morgan fingerprint density at radius 2 is 1.75 bits per heavy atom. The first kappa shape index (κ1) is 12.6. The maximum absolute atomic E-state index is 9.87. The second-order valence-electron chi connectivity index (χ2n) is 4.42. The van der Waals surface area contributed by atoms with Crippen molar-refractivity contribution < 1.29 is 5.11 Å². The zero-order valence-electron chi connectivity index (χ0n) is 10.7. The summed E-state index contributed by atoms with van der Waals surface area (Å²) in [5.41, 5.74) is 1.77. The first-order chi connectivity index (χ1) is 9.75. The van der Waals surface area contributed by atoms with Crippen LogP contribution in [-0.4, -0.2) is 19.9 Å². The fourth-order valence-corrected chi connectivity index (χ4v) is 2.38. The summed E-state index contributed by atoms with van der Waals surface area (Å²) in [7, 11) is 0. The maximum atomic E-state index is 9.87. The van der Waals surface area contributed by atoms with Crippen molar-refractivity contribution in [2.45, 2.75) is 6.42 Å². The van der Waals surface area contributed by atoms with Crippen LogP contribution in [0, 0.1) is 4.77 Å². The van der Waals surface area contributed by atoms with Crippen molar-refractivity contribution >= 4 is 12.2 Å². The van der Waals surface area contributed by atoms with Crippen molar-refractivity contribution in [1.82, 2.24) is 14.8 Å². The van der Waals surface area contributed by atoms with Gasteiger partial charge in [0.15, 0.2) is 4.77 Å². The van der Waals surface area contributed by atoms with Crippen molar-refractivity contribution in [3.05, 3.63) is 70.8 Å². The van der Waals surface area contributed by atoms with Gasteiger partial charge in [-0.3, -0.25) is 9.67 Å². The molecule has 0 spiro atoms. The number of nitrogens with one attached hydrogen (secondary N) is 1. The molecule has 0 fully saturated rings. The first-order valence-electron chi connectivity index (χ1n) is 6.24. The van der Waals surface area contributed by atoms with E-state index in [1.165, 1.54) is 0 Å². The number of H-pyrrole nitrogens is 1. The third kappa shape index (κ3) is 2.35. The molecule has 0 bridgehead atoms. The van der Waals surface area contributed by atoms with E-state index in [1.54, 1.807) is 12.1 Å². The zero-order chi connectivity index (χ0) is 13.9. The molecule has 0 aliphatic rings. The average molecular weight is 283 g/mol. The Morgan fingerprint density at radius 1 is 1.05 bits per heavy atom. The summed E-state index contributed by atoms with van der Waals surface area (Å²) < 4.78 is 2.42. The molecule has 0 amide bonds. The van der Waals surface area contributed by atoms with Crippen molar-refractivity contribution in [2.75, 3.05) is 0 Å². The lowest BCUT2D eigenvalue weighted by molar-refractivity contribution is 0.469. The van der Waals surface area contributed by atoms with Crippen LogP contribution in [0.15, 0.2) is 54.6 Å². The van der Waals surface area contributed by atoms with Crippen LogP contribution in [0.25, 0.3) is 5.69 Å². The van der Waals surface area contributed by atoms with Crippen molar-refractivity contribution in [3.8, 4) is 11.4 Å². The molecule has 0 saturated heterocycles. The summed E-state index contributed by atoms with van der Waals surface area (Å²) in [4.78, 5) is 0. The Hall–Kier alpha value is -2.40. The van der Waals surface area contributed by atoms with Crippen LogP contribution >= 0.6 is 12.2 Å². The Morgan fingerprint density at radius 3 is 2.50 bits per heavy atom. The second-order valence-corrected chi connectivity index (χ2v) is 4.81. The van der Waals surface area contributed by atoms with Gasteiger partial charge in [-0.05, 0) is 30.4 Å². The first-order valence-corrected chi connectivity index (χ1v) is 6.65. The lowest BCUT2D eigenvalue weighted by atomic mass is 10.1. The highest BCUT2D eigenvalue weighted by Crippen LogP contribution is 2.20. The molecule has 0 atom stereocenters. The van der Waals surface area contributed by atoms with E-state index in [9.17, 15) is 5.11 Å². The van der Waals surface area contributed by atoms with Crippen molar-refractivity contribution in [1.29, 1.82) is 0 Å². The minimum absolute atomic E-state index is 0.265. The number of aromatic amines is 1. The maximum Gasteiger partial charge on any atom is 0.199 e. The van der Waals surface area contributed by atoms with E-state index in [2.05, 4.69) is 10.2 Å². The topological polar surface area (TPSA) is 53.8 Å². The Kier molecular flexibility index (Phi) is 3.35. The van der Waals surface area contributed by atoms with Crippen LogP contribution in [0.1, 0.15) is 11.4 Å². The Bertz CT molecular complexity index is 777. The van der Waals surface area contributed by atoms with E-state index in [4.69, 9.17) is 12.2 Å². The summed E-state index contributed by atoms with van der Waals surface area (Å²) in [6.07, 6.45) is 0.509. The van der Waals surface area contributed by atoms with Gasteiger partial charge in [0.2, 0.25) is 0 Å². The Labute approximate surface area is 121 Å². The molecule has 0 saturated carbocycles. The predicted molar refractivity (Wildman–Crippen MR) is 79.7 cm³/mol. The molecule has 1 heterocycles. The van der Waals surface area contributed by atoms with Gasteiger partial charge in [-0.25, -0.2) is 0 Å². The van der Waals surface area contributed by atoms with Crippen LogP contribution in [-0.2, 0) is 6.42 Å². The van der Waals surface area contributed by atoms with Crippen LogP contribution in [0.2, 0.25) is 0 Å². The molecule has 0 aliphatic heterocycles. The third-order valence-corrected chi connectivity index (χ3v) is 3.37. The lowest BCUT2D eigenvalue weighted by Gasteiger charge is -2.07. The number of para-hydroxylation sites is 2. The highest BCUT2D eigenvalue weighted by Gasteiger charge is 2.10. The van der Waals surface area contributed by atoms with Gasteiger partial charge in [0.1, 0.15) is 11.6 Å². The second kappa shape index (κ2) is 5.30. The van der Waals surface area contributed by atoms with E-state index in [0.717, 1.165) is 17.1 Å². The molecule has 3 aromatic rings. The number of nitrogens with zero attached hydrogens (tertiary/aromatic N) is 2. The van der Waals surface area contributed by atoms with E-state index >= 15 is 0 Å². The van der Waals surface area contributed by atoms with Gasteiger partial charge in [-0.15, -0.1) is 0 Å². The molecule has 4 nitrogen and oxygen atoms in total. The molecule has 3 rings (SSSR count). The molecule has 5 heteroatoms. The summed E-state index contributed by atoms with van der Waals surface area (Å²) in [6.45, 7) is 0. The van der Waals surface area contributed by atoms with Crippen LogP contribution in [0.5, 0.6) is 5.75 Å². The van der Waals surface area contributed by atoms with Gasteiger partial charge >= 0.3 is 0 Å². The molecule has 20 heavy (non-hydrogen) atoms. The van der Waals surface area contributed by atoms with Gasteiger partial charge in [0.05, 0.1) is 0 Å². The average Bonchev–Trinajstić information content (AvgIpc) is 2.83. The van der Waals surface area contributed by atoms with Crippen LogP contribution in [0.4, 0.5) is 0 Å². The van der Waals surface area contributed by atoms with Crippen molar-refractivity contribution in [2.24, 2.45) is 0 Å². The van der Waals surface area contributed by atoms with Gasteiger partial charge in [0, 0.05) is 17.7 Å². The lowest BCUT2D eigenvalue weighted by Crippen LogP contribution is -2.02. The summed E-state index contributed by atoms with van der Waals surface area (Å²) >= 11 is 5.29. The molecule has 2 N–H and O–H groups in total. The minimum atomic E-state index is 0.265. The number of hydrogen-bond donors (Lipinski definition) is 2. The molecule has 2 aromatic carbocycles. The third-order valence-electron chi connectivity index (χ3n) is 3.10. The monoisotopic (exact) mass is 283 g/mol. The molecule has 1 aromatic heterocycles. The number of benzene rings is 2. The van der Waals surface area contributed by atoms with E-state index < -0.39 is 0 Å². The largest absolute Gasteiger partial charge is 0.508 e. The molecule has 100 valence electrons. The number of aromatic hydroxyl groups is 1. The number of phenols is 1.